The number of piperazine rings is 1. The van der Waals surface area contributed by atoms with E-state index in [1.807, 2.05) is 51.1 Å². The van der Waals surface area contributed by atoms with Gasteiger partial charge in [-0.1, -0.05) is 17.7 Å². The maximum atomic E-state index is 12.6. The van der Waals surface area contributed by atoms with Crippen molar-refractivity contribution in [2.24, 2.45) is 0 Å². The normalized spacial score (nSPS) is 18.7. The summed E-state index contributed by atoms with van der Waals surface area (Å²) >= 11 is 9.86. The molecule has 2 aromatic rings. The van der Waals surface area contributed by atoms with E-state index in [-0.39, 0.29) is 17.9 Å². The van der Waals surface area contributed by atoms with Crippen molar-refractivity contribution in [2.45, 2.75) is 39.3 Å². The van der Waals surface area contributed by atoms with E-state index in [1.165, 1.54) is 0 Å². The molecule has 0 bridgehead atoms. The number of Topliss-reactive ketones (excluding diaryl/α,β-unsaturated/α-hetero) is 1. The lowest BCUT2D eigenvalue weighted by Gasteiger charge is -2.40. The standard InChI is InChI=1S/C25H27BrClN3O3/c1-15(31)20-12-16-11-17(26)14-28-22(16)23(19-6-5-18(27)13-21(19)20)29-7-9-30(10-8-29)24(32)33-25(2,3)4/h5-6,11-14,23H,7-10H2,1-4H3/t23-/m0/s1. The number of hydrogen-bond acceptors (Lipinski definition) is 5. The number of ketones is 1. The Kier molecular flexibility index (Phi) is 6.67. The van der Waals surface area contributed by atoms with Gasteiger partial charge >= 0.3 is 6.09 Å². The number of fused-ring (bicyclic) bond motifs is 2. The number of rotatable bonds is 2. The lowest BCUT2D eigenvalue weighted by molar-refractivity contribution is -0.111. The molecule has 1 amide bonds. The molecule has 2 aliphatic rings. The van der Waals surface area contributed by atoms with E-state index in [0.29, 0.717) is 36.8 Å². The van der Waals surface area contributed by atoms with Gasteiger partial charge in [0.1, 0.15) is 5.60 Å². The van der Waals surface area contributed by atoms with E-state index in [2.05, 4.69) is 20.8 Å². The fourth-order valence-corrected chi connectivity index (χ4v) is 4.86. The Hall–Kier alpha value is -2.22. The van der Waals surface area contributed by atoms with E-state index >= 15 is 0 Å². The molecule has 1 aliphatic carbocycles. The number of ether oxygens (including phenoxy) is 1. The van der Waals surface area contributed by atoms with Gasteiger partial charge in [-0.2, -0.15) is 0 Å². The molecule has 0 N–H and O–H groups in total. The number of pyridine rings is 1. The molecule has 0 saturated carbocycles. The van der Waals surface area contributed by atoms with Crippen LogP contribution in [0.15, 0.2) is 34.9 Å². The molecule has 1 aliphatic heterocycles. The Morgan fingerprint density at radius 3 is 2.48 bits per heavy atom. The fourth-order valence-electron chi connectivity index (χ4n) is 4.34. The van der Waals surface area contributed by atoms with Gasteiger partial charge in [0.2, 0.25) is 0 Å². The van der Waals surface area contributed by atoms with Gasteiger partial charge in [0.05, 0.1) is 11.7 Å². The van der Waals surface area contributed by atoms with Crippen LogP contribution in [-0.2, 0) is 9.53 Å². The van der Waals surface area contributed by atoms with E-state index in [0.717, 1.165) is 26.9 Å². The zero-order valence-electron chi connectivity index (χ0n) is 19.2. The molecule has 174 valence electrons. The molecule has 6 nitrogen and oxygen atoms in total. The number of nitrogens with zero attached hydrogens (tertiary/aromatic N) is 3. The SMILES string of the molecule is CC(=O)C1=Cc2cc(Br)cnc2[C@@H](N2CCN(C(=O)OC(C)(C)C)CC2)c2ccc(Cl)cc21. The van der Waals surface area contributed by atoms with Crippen molar-refractivity contribution in [3.8, 4) is 0 Å². The summed E-state index contributed by atoms with van der Waals surface area (Å²) in [6.07, 6.45) is 3.39. The molecular formula is C25H27BrClN3O3. The number of halogens is 2. The second-order valence-electron chi connectivity index (χ2n) is 9.38. The van der Waals surface area contributed by atoms with Gasteiger partial charge in [-0.25, -0.2) is 4.79 Å². The largest absolute Gasteiger partial charge is 0.444 e. The van der Waals surface area contributed by atoms with Crippen LogP contribution in [-0.4, -0.2) is 58.4 Å². The highest BCUT2D eigenvalue weighted by molar-refractivity contribution is 9.10. The predicted octanol–water partition coefficient (Wildman–Crippen LogP) is 5.58. The first-order chi connectivity index (χ1) is 15.5. The quantitative estimate of drug-likeness (QED) is 0.505. The summed E-state index contributed by atoms with van der Waals surface area (Å²) < 4.78 is 6.39. The van der Waals surface area contributed by atoms with E-state index < -0.39 is 5.60 Å². The number of benzene rings is 1. The maximum absolute atomic E-state index is 12.6. The minimum atomic E-state index is -0.529. The van der Waals surface area contributed by atoms with E-state index in [4.69, 9.17) is 21.3 Å². The highest BCUT2D eigenvalue weighted by Gasteiger charge is 2.35. The molecule has 4 rings (SSSR count). The van der Waals surface area contributed by atoms with Crippen LogP contribution >= 0.6 is 27.5 Å². The van der Waals surface area contributed by atoms with Gasteiger partial charge in [0.15, 0.2) is 5.78 Å². The van der Waals surface area contributed by atoms with Crippen LogP contribution in [0.25, 0.3) is 11.6 Å². The van der Waals surface area contributed by atoms with Gasteiger partial charge in [0, 0.05) is 47.4 Å². The lowest BCUT2D eigenvalue weighted by atomic mass is 9.92. The van der Waals surface area contributed by atoms with Crippen LogP contribution in [0.2, 0.25) is 5.02 Å². The van der Waals surface area contributed by atoms with Crippen LogP contribution in [0.5, 0.6) is 0 Å². The Bertz CT molecular complexity index is 1130. The van der Waals surface area contributed by atoms with E-state index in [9.17, 15) is 9.59 Å². The number of hydrogen-bond donors (Lipinski definition) is 0. The topological polar surface area (TPSA) is 62.7 Å². The van der Waals surface area contributed by atoms with Gasteiger partial charge in [-0.05, 0) is 84.6 Å². The smallest absolute Gasteiger partial charge is 0.410 e. The molecule has 8 heteroatoms. The molecule has 1 aromatic heterocycles. The monoisotopic (exact) mass is 531 g/mol. The summed E-state index contributed by atoms with van der Waals surface area (Å²) in [4.78, 5) is 34.0. The number of carbonyl (C=O) groups is 2. The Morgan fingerprint density at radius 1 is 1.15 bits per heavy atom. The fraction of sp³-hybridized carbons (Fsp3) is 0.400. The second kappa shape index (κ2) is 9.20. The van der Waals surface area contributed by atoms with Gasteiger partial charge in [-0.15, -0.1) is 0 Å². The minimum absolute atomic E-state index is 0.0279. The highest BCUT2D eigenvalue weighted by Crippen LogP contribution is 2.41. The van der Waals surface area contributed by atoms with Crippen LogP contribution in [0.3, 0.4) is 0 Å². The number of carbonyl (C=O) groups excluding carboxylic acids is 2. The third-order valence-electron chi connectivity index (χ3n) is 5.79. The first-order valence-corrected chi connectivity index (χ1v) is 12.1. The van der Waals surface area contributed by atoms with Crippen LogP contribution < -0.4 is 0 Å². The number of allylic oxidation sites excluding steroid dienone is 1. The molecule has 0 spiro atoms. The van der Waals surface area contributed by atoms with Crippen molar-refractivity contribution in [1.82, 2.24) is 14.8 Å². The summed E-state index contributed by atoms with van der Waals surface area (Å²) in [5.41, 5.74) is 3.66. The molecule has 1 saturated heterocycles. The minimum Gasteiger partial charge on any atom is -0.444 e. The molecular weight excluding hydrogens is 506 g/mol. The molecule has 0 unspecified atom stereocenters. The highest BCUT2D eigenvalue weighted by atomic mass is 79.9. The second-order valence-corrected chi connectivity index (χ2v) is 10.7. The van der Waals surface area contributed by atoms with Crippen LogP contribution in [0, 0.1) is 0 Å². The van der Waals surface area contributed by atoms with Crippen molar-refractivity contribution >= 4 is 51.1 Å². The van der Waals surface area contributed by atoms with Gasteiger partial charge in [-0.3, -0.25) is 14.7 Å². The Labute approximate surface area is 207 Å². The lowest BCUT2D eigenvalue weighted by Crippen LogP contribution is -2.51. The molecule has 1 atom stereocenters. The number of amides is 1. The Morgan fingerprint density at radius 2 is 1.85 bits per heavy atom. The molecule has 1 fully saturated rings. The van der Waals surface area contributed by atoms with Crippen LogP contribution in [0.4, 0.5) is 4.79 Å². The summed E-state index contributed by atoms with van der Waals surface area (Å²) in [5.74, 6) is -0.0279. The molecule has 33 heavy (non-hydrogen) atoms. The zero-order valence-corrected chi connectivity index (χ0v) is 21.5. The third-order valence-corrected chi connectivity index (χ3v) is 6.45. The van der Waals surface area contributed by atoms with E-state index in [1.54, 1.807) is 18.0 Å². The number of aromatic nitrogens is 1. The predicted molar refractivity (Wildman–Crippen MR) is 133 cm³/mol. The molecule has 0 radical (unpaired) electrons. The third kappa shape index (κ3) is 5.15. The van der Waals surface area contributed by atoms with Gasteiger partial charge < -0.3 is 9.64 Å². The zero-order chi connectivity index (χ0) is 23.9. The summed E-state index contributed by atoms with van der Waals surface area (Å²) in [5, 5.41) is 0.578. The van der Waals surface area contributed by atoms with Gasteiger partial charge in [0.25, 0.3) is 0 Å². The van der Waals surface area contributed by atoms with Crippen molar-refractivity contribution in [3.05, 3.63) is 62.3 Å². The summed E-state index contributed by atoms with van der Waals surface area (Å²) in [6, 6.07) is 7.51. The van der Waals surface area contributed by atoms with Crippen LogP contribution in [0.1, 0.15) is 56.1 Å². The molecule has 2 heterocycles. The van der Waals surface area contributed by atoms with Crippen molar-refractivity contribution < 1.29 is 14.3 Å². The summed E-state index contributed by atoms with van der Waals surface area (Å²) in [6.45, 7) is 9.58. The van der Waals surface area contributed by atoms with Crippen molar-refractivity contribution in [2.75, 3.05) is 26.2 Å². The Balaban J connectivity index is 1.72. The van der Waals surface area contributed by atoms with Crippen molar-refractivity contribution in [3.63, 3.8) is 0 Å². The average Bonchev–Trinajstić information content (AvgIpc) is 2.86. The average molecular weight is 533 g/mol. The first kappa shape index (κ1) is 23.9. The van der Waals surface area contributed by atoms with Crippen molar-refractivity contribution in [1.29, 1.82) is 0 Å². The molecule has 1 aromatic carbocycles. The summed E-state index contributed by atoms with van der Waals surface area (Å²) in [7, 11) is 0. The first-order valence-electron chi connectivity index (χ1n) is 10.9. The maximum Gasteiger partial charge on any atom is 0.410 e.